The van der Waals surface area contributed by atoms with Gasteiger partial charge >= 0.3 is 6.36 Å². The Kier molecular flexibility index (Phi) is 3.50. The summed E-state index contributed by atoms with van der Waals surface area (Å²) in [4.78, 5) is 0. The van der Waals surface area contributed by atoms with Crippen LogP contribution in [0, 0.1) is 6.92 Å². The van der Waals surface area contributed by atoms with E-state index in [1.807, 2.05) is 0 Å². The zero-order valence-electron chi connectivity index (χ0n) is 7.94. The maximum Gasteiger partial charge on any atom is 0.573 e. The molecule has 0 bridgehead atoms. The maximum atomic E-state index is 12.1. The molecule has 0 fully saturated rings. The first-order valence-electron chi connectivity index (χ1n) is 4.18. The van der Waals surface area contributed by atoms with E-state index < -0.39 is 6.36 Å². The Hall–Kier alpha value is -0.900. The van der Waals surface area contributed by atoms with Crippen molar-refractivity contribution in [3.8, 4) is 5.75 Å². The van der Waals surface area contributed by atoms with Crippen LogP contribution in [-0.2, 0) is 0 Å². The molecule has 0 amide bonds. The van der Waals surface area contributed by atoms with Crippen LogP contribution in [0.3, 0.4) is 0 Å². The van der Waals surface area contributed by atoms with Crippen LogP contribution in [0.5, 0.6) is 5.75 Å². The van der Waals surface area contributed by atoms with Gasteiger partial charge in [0.2, 0.25) is 0 Å². The van der Waals surface area contributed by atoms with Crippen LogP contribution in [0.4, 0.5) is 13.2 Å². The van der Waals surface area contributed by atoms with Crippen LogP contribution in [0.1, 0.15) is 18.4 Å². The van der Waals surface area contributed by atoms with Crippen molar-refractivity contribution in [2.45, 2.75) is 19.2 Å². The molecular formula is C10H9ClF3O. The zero-order chi connectivity index (χ0) is 11.6. The summed E-state index contributed by atoms with van der Waals surface area (Å²) in [5, 5.41) is -0.0691. The second-order valence-corrected chi connectivity index (χ2v) is 3.51. The maximum absolute atomic E-state index is 12.1. The van der Waals surface area contributed by atoms with Gasteiger partial charge in [0.15, 0.2) is 5.75 Å². The first kappa shape index (κ1) is 12.2. The Labute approximate surface area is 90.8 Å². The summed E-state index contributed by atoms with van der Waals surface area (Å²) >= 11 is 5.63. The van der Waals surface area contributed by atoms with Gasteiger partial charge in [0, 0.05) is 0 Å². The number of halogens is 4. The largest absolute Gasteiger partial charge is 0.573 e. The molecule has 83 valence electrons. The van der Waals surface area contributed by atoms with Gasteiger partial charge in [-0.1, -0.05) is 30.7 Å². The van der Waals surface area contributed by atoms with Gasteiger partial charge in [-0.05, 0) is 24.5 Å². The summed E-state index contributed by atoms with van der Waals surface area (Å²) in [5.74, 6) is -0.699. The van der Waals surface area contributed by atoms with Crippen molar-refractivity contribution in [1.29, 1.82) is 0 Å². The van der Waals surface area contributed by atoms with E-state index in [2.05, 4.69) is 11.7 Å². The van der Waals surface area contributed by atoms with Gasteiger partial charge in [0.25, 0.3) is 0 Å². The molecule has 0 N–H and O–H groups in total. The molecule has 1 aromatic rings. The molecular weight excluding hydrogens is 229 g/mol. The Morgan fingerprint density at radius 3 is 2.47 bits per heavy atom. The minimum absolute atomic E-state index is 0.0691. The number of alkyl halides is 3. The van der Waals surface area contributed by atoms with E-state index in [4.69, 9.17) is 11.6 Å². The normalized spacial score (nSPS) is 11.9. The van der Waals surface area contributed by atoms with E-state index in [9.17, 15) is 13.2 Å². The minimum atomic E-state index is -4.74. The fraction of sp³-hybridized carbons (Fsp3) is 0.300. The zero-order valence-corrected chi connectivity index (χ0v) is 8.69. The van der Waals surface area contributed by atoms with Crippen LogP contribution < -0.4 is 4.74 Å². The summed E-state index contributed by atoms with van der Waals surface area (Å²) < 4.78 is 40.0. The number of para-hydroxylation sites is 1. The van der Waals surface area contributed by atoms with Crippen molar-refractivity contribution in [2.24, 2.45) is 0 Å². The van der Waals surface area contributed by atoms with Crippen LogP contribution in [-0.4, -0.2) is 6.36 Å². The van der Waals surface area contributed by atoms with Crippen molar-refractivity contribution >= 4 is 11.6 Å². The van der Waals surface area contributed by atoms with Crippen molar-refractivity contribution in [1.82, 2.24) is 0 Å². The predicted molar refractivity (Wildman–Crippen MR) is 51.9 cm³/mol. The second-order valence-electron chi connectivity index (χ2n) is 3.11. The SMILES string of the molecule is [CH2]C(C)c1cccc(Cl)c1OC(F)(F)F. The Morgan fingerprint density at radius 1 is 1.40 bits per heavy atom. The van der Waals surface area contributed by atoms with E-state index >= 15 is 0 Å². The van der Waals surface area contributed by atoms with E-state index in [-0.39, 0.29) is 16.7 Å². The third-order valence-electron chi connectivity index (χ3n) is 1.75. The number of rotatable bonds is 2. The third-order valence-corrected chi connectivity index (χ3v) is 2.04. The Morgan fingerprint density at radius 2 is 2.00 bits per heavy atom. The minimum Gasteiger partial charge on any atom is -0.404 e. The van der Waals surface area contributed by atoms with Gasteiger partial charge in [-0.3, -0.25) is 0 Å². The van der Waals surface area contributed by atoms with Crippen LogP contribution >= 0.6 is 11.6 Å². The molecule has 0 heterocycles. The van der Waals surface area contributed by atoms with Gasteiger partial charge in [-0.15, -0.1) is 13.2 Å². The van der Waals surface area contributed by atoms with E-state index in [0.29, 0.717) is 5.56 Å². The second kappa shape index (κ2) is 4.31. The van der Waals surface area contributed by atoms with Crippen molar-refractivity contribution in [3.63, 3.8) is 0 Å². The van der Waals surface area contributed by atoms with Crippen LogP contribution in [0.25, 0.3) is 0 Å². The molecule has 1 aromatic carbocycles. The Balaban J connectivity index is 3.14. The van der Waals surface area contributed by atoms with Crippen molar-refractivity contribution < 1.29 is 17.9 Å². The molecule has 1 radical (unpaired) electrons. The lowest BCUT2D eigenvalue weighted by Crippen LogP contribution is -2.18. The predicted octanol–water partition coefficient (Wildman–Crippen LogP) is 4.18. The molecule has 1 nitrogen and oxygen atoms in total. The molecule has 0 aliphatic rings. The standard InChI is InChI=1S/C10H9ClF3O/c1-6(2)7-4-3-5-8(11)9(7)15-10(12,13)14/h3-6H,1H2,2H3. The highest BCUT2D eigenvalue weighted by Crippen LogP contribution is 2.36. The average molecular weight is 238 g/mol. The van der Waals surface area contributed by atoms with E-state index in [1.54, 1.807) is 13.0 Å². The van der Waals surface area contributed by atoms with Crippen LogP contribution in [0.15, 0.2) is 18.2 Å². The highest BCUT2D eigenvalue weighted by molar-refractivity contribution is 6.32. The first-order valence-corrected chi connectivity index (χ1v) is 4.56. The molecule has 15 heavy (non-hydrogen) atoms. The van der Waals surface area contributed by atoms with Gasteiger partial charge in [-0.25, -0.2) is 0 Å². The molecule has 0 saturated heterocycles. The lowest BCUT2D eigenvalue weighted by molar-refractivity contribution is -0.274. The molecule has 0 saturated carbocycles. The summed E-state index contributed by atoms with van der Waals surface area (Å²) in [6, 6.07) is 4.40. The van der Waals surface area contributed by atoms with Crippen molar-refractivity contribution in [3.05, 3.63) is 35.7 Å². The van der Waals surface area contributed by atoms with Crippen molar-refractivity contribution in [2.75, 3.05) is 0 Å². The summed E-state index contributed by atoms with van der Waals surface area (Å²) in [6.45, 7) is 5.30. The molecule has 0 aliphatic heterocycles. The van der Waals surface area contributed by atoms with E-state index in [0.717, 1.165) is 0 Å². The number of hydrogen-bond acceptors (Lipinski definition) is 1. The highest BCUT2D eigenvalue weighted by atomic mass is 35.5. The smallest absolute Gasteiger partial charge is 0.404 e. The van der Waals surface area contributed by atoms with Crippen LogP contribution in [0.2, 0.25) is 5.02 Å². The average Bonchev–Trinajstić information content (AvgIpc) is 2.05. The highest BCUT2D eigenvalue weighted by Gasteiger charge is 2.33. The fourth-order valence-corrected chi connectivity index (χ4v) is 1.36. The Bertz CT molecular complexity index is 347. The summed E-state index contributed by atoms with van der Waals surface area (Å²) in [5.41, 5.74) is 0.333. The first-order chi connectivity index (χ1) is 6.81. The molecule has 0 aliphatic carbocycles. The molecule has 0 spiro atoms. The van der Waals surface area contributed by atoms with Gasteiger partial charge in [0.05, 0.1) is 5.02 Å². The van der Waals surface area contributed by atoms with Gasteiger partial charge < -0.3 is 4.74 Å². The number of benzene rings is 1. The summed E-state index contributed by atoms with van der Waals surface area (Å²) in [6.07, 6.45) is -4.74. The quantitative estimate of drug-likeness (QED) is 0.750. The third kappa shape index (κ3) is 3.30. The molecule has 5 heteroatoms. The number of ether oxygens (including phenoxy) is 1. The van der Waals surface area contributed by atoms with E-state index in [1.165, 1.54) is 12.1 Å². The molecule has 1 unspecified atom stereocenters. The lowest BCUT2D eigenvalue weighted by Gasteiger charge is -2.16. The van der Waals surface area contributed by atoms with Gasteiger partial charge in [0.1, 0.15) is 0 Å². The number of hydrogen-bond donors (Lipinski definition) is 0. The molecule has 1 atom stereocenters. The van der Waals surface area contributed by atoms with Gasteiger partial charge in [-0.2, -0.15) is 0 Å². The lowest BCUT2D eigenvalue weighted by atomic mass is 10.0. The fourth-order valence-electron chi connectivity index (χ4n) is 1.14. The molecule has 1 rings (SSSR count). The topological polar surface area (TPSA) is 9.23 Å². The monoisotopic (exact) mass is 237 g/mol. The molecule has 0 aromatic heterocycles. The summed E-state index contributed by atoms with van der Waals surface area (Å²) in [7, 11) is 0.